The monoisotopic (exact) mass is 482 g/mol. The normalized spacial score (nSPS) is 16.6. The third-order valence-electron chi connectivity index (χ3n) is 6.54. The van der Waals surface area contributed by atoms with Crippen LogP contribution in [0.25, 0.3) is 10.9 Å². The number of aryl methyl sites for hydroxylation is 1. The Labute approximate surface area is 181 Å². The number of aromatic nitrogens is 2. The molecule has 9 heteroatoms. The van der Waals surface area contributed by atoms with Gasteiger partial charge in [-0.1, -0.05) is 20.8 Å². The van der Waals surface area contributed by atoms with Crippen LogP contribution in [0.1, 0.15) is 33.6 Å². The summed E-state index contributed by atoms with van der Waals surface area (Å²) in [6.07, 6.45) is 1.97. The molecule has 1 aliphatic rings. The van der Waals surface area contributed by atoms with Crippen molar-refractivity contribution < 1.29 is 9.35 Å². The zero-order valence-electron chi connectivity index (χ0n) is 18.2. The quantitative estimate of drug-likeness (QED) is 0.320. The highest BCUT2D eigenvalue weighted by molar-refractivity contribution is 9.10. The number of fused-ring (bicyclic) bond motifs is 1. The number of nitro benzene ring substituents is 1. The molecule has 0 aliphatic carbocycles. The van der Waals surface area contributed by atoms with Gasteiger partial charge in [-0.3, -0.25) is 14.8 Å². The summed E-state index contributed by atoms with van der Waals surface area (Å²) in [6.45, 7) is 13.7. The molecule has 160 valence electrons. The van der Waals surface area contributed by atoms with Gasteiger partial charge in [0.05, 0.1) is 10.4 Å². The second-order valence-corrected chi connectivity index (χ2v) is 15.1. The Balaban J connectivity index is 1.74. The van der Waals surface area contributed by atoms with Crippen molar-refractivity contribution in [3.8, 4) is 0 Å². The number of hydrogen-bond acceptors (Lipinski definition) is 5. The second kappa shape index (κ2) is 8.00. The van der Waals surface area contributed by atoms with E-state index in [0.717, 1.165) is 43.4 Å². The van der Waals surface area contributed by atoms with Crippen molar-refractivity contribution in [1.29, 1.82) is 0 Å². The lowest BCUT2D eigenvalue weighted by molar-refractivity contribution is -0.384. The molecule has 0 saturated carbocycles. The first-order valence-electron chi connectivity index (χ1n) is 10.1. The van der Waals surface area contributed by atoms with Crippen LogP contribution < -0.4 is 4.90 Å². The molecule has 29 heavy (non-hydrogen) atoms. The standard InChI is InChI=1S/C20H31BrN4O3Si/c1-20(2,3)29(5,6)28-13-14-7-9-24(10-8-14)17-11-15-16(12-18(17)25(26)27)23(4)22-19(15)21/h11-12,14H,7-10,13H2,1-6H3. The van der Waals surface area contributed by atoms with Crippen molar-refractivity contribution in [2.24, 2.45) is 13.0 Å². The number of nitro groups is 1. The van der Waals surface area contributed by atoms with Gasteiger partial charge in [0.15, 0.2) is 8.32 Å². The van der Waals surface area contributed by atoms with Crippen LogP contribution in [0.3, 0.4) is 0 Å². The van der Waals surface area contributed by atoms with Gasteiger partial charge in [-0.2, -0.15) is 5.10 Å². The van der Waals surface area contributed by atoms with E-state index in [-0.39, 0.29) is 15.6 Å². The lowest BCUT2D eigenvalue weighted by atomic mass is 9.97. The van der Waals surface area contributed by atoms with Crippen LogP contribution in [-0.4, -0.2) is 42.7 Å². The van der Waals surface area contributed by atoms with Crippen LogP contribution in [0, 0.1) is 16.0 Å². The summed E-state index contributed by atoms with van der Waals surface area (Å²) in [5, 5.41) is 17.2. The van der Waals surface area contributed by atoms with Gasteiger partial charge in [0.1, 0.15) is 10.3 Å². The number of anilines is 1. The van der Waals surface area contributed by atoms with E-state index < -0.39 is 8.32 Å². The van der Waals surface area contributed by atoms with Crippen molar-refractivity contribution in [3.05, 3.63) is 26.9 Å². The van der Waals surface area contributed by atoms with E-state index in [0.29, 0.717) is 16.2 Å². The van der Waals surface area contributed by atoms with Crippen molar-refractivity contribution in [1.82, 2.24) is 9.78 Å². The van der Waals surface area contributed by atoms with Crippen molar-refractivity contribution in [2.75, 3.05) is 24.6 Å². The zero-order valence-corrected chi connectivity index (χ0v) is 20.7. The summed E-state index contributed by atoms with van der Waals surface area (Å²) in [5.74, 6) is 0.508. The van der Waals surface area contributed by atoms with Crippen molar-refractivity contribution >= 4 is 46.5 Å². The lowest BCUT2D eigenvalue weighted by Gasteiger charge is -2.39. The maximum Gasteiger partial charge on any atom is 0.294 e. The summed E-state index contributed by atoms with van der Waals surface area (Å²) in [6, 6.07) is 3.53. The molecule has 1 saturated heterocycles. The van der Waals surface area contributed by atoms with Crippen LogP contribution in [0.2, 0.25) is 18.1 Å². The topological polar surface area (TPSA) is 73.4 Å². The number of benzene rings is 1. The maximum absolute atomic E-state index is 11.7. The fourth-order valence-electron chi connectivity index (χ4n) is 3.52. The summed E-state index contributed by atoms with van der Waals surface area (Å²) < 4.78 is 8.79. The van der Waals surface area contributed by atoms with E-state index in [4.69, 9.17) is 4.43 Å². The molecule has 1 aromatic carbocycles. The van der Waals surface area contributed by atoms with Crippen LogP contribution in [0.15, 0.2) is 16.7 Å². The Kier molecular flexibility index (Phi) is 6.13. The molecule has 2 heterocycles. The fraction of sp³-hybridized carbons (Fsp3) is 0.650. The van der Waals surface area contributed by atoms with Crippen LogP contribution in [0.4, 0.5) is 11.4 Å². The highest BCUT2D eigenvalue weighted by Gasteiger charge is 2.38. The molecule has 1 aromatic heterocycles. The average molecular weight is 483 g/mol. The van der Waals surface area contributed by atoms with E-state index in [1.54, 1.807) is 17.8 Å². The number of hydrogen-bond donors (Lipinski definition) is 0. The molecule has 3 rings (SSSR count). The Morgan fingerprint density at radius 2 is 1.93 bits per heavy atom. The largest absolute Gasteiger partial charge is 0.417 e. The Bertz CT molecular complexity index is 915. The summed E-state index contributed by atoms with van der Waals surface area (Å²) >= 11 is 3.47. The zero-order chi connectivity index (χ0) is 21.6. The summed E-state index contributed by atoms with van der Waals surface area (Å²) in [4.78, 5) is 13.6. The molecule has 0 unspecified atom stereocenters. The van der Waals surface area contributed by atoms with Gasteiger partial charge in [-0.05, 0) is 58.9 Å². The van der Waals surface area contributed by atoms with Crippen LogP contribution in [0.5, 0.6) is 0 Å². The number of rotatable bonds is 5. The highest BCUT2D eigenvalue weighted by atomic mass is 79.9. The Morgan fingerprint density at radius 3 is 2.48 bits per heavy atom. The predicted molar refractivity (Wildman–Crippen MR) is 123 cm³/mol. The van der Waals surface area contributed by atoms with Gasteiger partial charge < -0.3 is 9.33 Å². The minimum absolute atomic E-state index is 0.143. The molecule has 0 radical (unpaired) electrons. The third-order valence-corrected chi connectivity index (χ3v) is 11.6. The van der Waals surface area contributed by atoms with Crippen molar-refractivity contribution in [3.63, 3.8) is 0 Å². The number of halogens is 1. The summed E-state index contributed by atoms with van der Waals surface area (Å²) in [7, 11) is 0.0504. The first-order valence-corrected chi connectivity index (χ1v) is 13.8. The van der Waals surface area contributed by atoms with Gasteiger partial charge in [-0.25, -0.2) is 0 Å². The smallest absolute Gasteiger partial charge is 0.294 e. The lowest BCUT2D eigenvalue weighted by Crippen LogP contribution is -2.43. The molecule has 1 aliphatic heterocycles. The van der Waals surface area contributed by atoms with Crippen molar-refractivity contribution in [2.45, 2.75) is 51.7 Å². The molecule has 0 atom stereocenters. The number of piperidine rings is 1. The minimum Gasteiger partial charge on any atom is -0.417 e. The first kappa shape index (κ1) is 22.2. The van der Waals surface area contributed by atoms with Gasteiger partial charge in [0, 0.05) is 38.2 Å². The van der Waals surface area contributed by atoms with Crippen LogP contribution >= 0.6 is 15.9 Å². The molecular weight excluding hydrogens is 452 g/mol. The Morgan fingerprint density at radius 1 is 1.31 bits per heavy atom. The second-order valence-electron chi connectivity index (χ2n) is 9.53. The van der Waals surface area contributed by atoms with E-state index in [1.807, 2.05) is 6.07 Å². The third kappa shape index (κ3) is 4.51. The van der Waals surface area contributed by atoms with E-state index >= 15 is 0 Å². The first-order chi connectivity index (χ1) is 13.4. The maximum atomic E-state index is 11.7. The minimum atomic E-state index is -1.75. The fourth-order valence-corrected chi connectivity index (χ4v) is 5.16. The summed E-state index contributed by atoms with van der Waals surface area (Å²) in [5.41, 5.74) is 1.58. The Hall–Kier alpha value is -1.45. The van der Waals surface area contributed by atoms with Gasteiger partial charge in [0.25, 0.3) is 5.69 Å². The molecule has 2 aromatic rings. The van der Waals surface area contributed by atoms with Crippen LogP contribution in [-0.2, 0) is 11.5 Å². The average Bonchev–Trinajstić information content (AvgIpc) is 2.92. The molecule has 0 spiro atoms. The molecule has 0 bridgehead atoms. The van der Waals surface area contributed by atoms with E-state index in [9.17, 15) is 10.1 Å². The molecule has 7 nitrogen and oxygen atoms in total. The highest BCUT2D eigenvalue weighted by Crippen LogP contribution is 2.39. The van der Waals surface area contributed by atoms with Gasteiger partial charge in [-0.15, -0.1) is 0 Å². The van der Waals surface area contributed by atoms with Gasteiger partial charge >= 0.3 is 0 Å². The molecule has 1 fully saturated rings. The van der Waals surface area contributed by atoms with Gasteiger partial charge in [0.2, 0.25) is 0 Å². The molecule has 0 amide bonds. The SMILES string of the molecule is Cn1nc(Br)c2cc(N3CCC(CO[Si](C)(C)C(C)(C)C)CC3)c([N+](=O)[O-])cc21. The van der Waals surface area contributed by atoms with E-state index in [1.165, 1.54) is 0 Å². The molecular formula is C20H31BrN4O3Si. The van der Waals surface area contributed by atoms with E-state index in [2.05, 4.69) is 59.8 Å². The molecule has 0 N–H and O–H groups in total. The number of nitrogens with zero attached hydrogens (tertiary/aromatic N) is 4. The predicted octanol–water partition coefficient (Wildman–Crippen LogP) is 5.48.